The summed E-state index contributed by atoms with van der Waals surface area (Å²) >= 11 is 0. The summed E-state index contributed by atoms with van der Waals surface area (Å²) in [4.78, 5) is 22.2. The fourth-order valence-corrected chi connectivity index (χ4v) is 1.34. The molecule has 0 aliphatic carbocycles. The van der Waals surface area contributed by atoms with E-state index in [-0.39, 0.29) is 6.54 Å². The summed E-state index contributed by atoms with van der Waals surface area (Å²) < 4.78 is 5.29. The fourth-order valence-electron chi connectivity index (χ4n) is 1.34. The monoisotopic (exact) mass is 254 g/mol. The van der Waals surface area contributed by atoms with E-state index >= 15 is 0 Å². The van der Waals surface area contributed by atoms with Crippen molar-refractivity contribution >= 4 is 12.0 Å². The van der Waals surface area contributed by atoms with Crippen molar-refractivity contribution in [2.45, 2.75) is 33.4 Å². The predicted octanol–water partition coefficient (Wildman–Crippen LogP) is 1.50. The number of amides is 2. The van der Waals surface area contributed by atoms with E-state index in [0.29, 0.717) is 5.76 Å². The Labute approximate surface area is 105 Å². The summed E-state index contributed by atoms with van der Waals surface area (Å²) in [7, 11) is 0. The molecule has 2 unspecified atom stereocenters. The molecule has 3 N–H and O–H groups in total. The average molecular weight is 254 g/mol. The molecule has 0 spiro atoms. The highest BCUT2D eigenvalue weighted by Crippen LogP contribution is 2.05. The van der Waals surface area contributed by atoms with Crippen LogP contribution < -0.4 is 10.6 Å². The highest BCUT2D eigenvalue weighted by atomic mass is 16.4. The Bertz CT molecular complexity index is 427. The van der Waals surface area contributed by atoms with Crippen LogP contribution in [0, 0.1) is 12.8 Å². The van der Waals surface area contributed by atoms with Gasteiger partial charge >= 0.3 is 12.0 Å². The zero-order valence-electron chi connectivity index (χ0n) is 10.7. The zero-order chi connectivity index (χ0) is 13.7. The summed E-state index contributed by atoms with van der Waals surface area (Å²) in [6.45, 7) is 5.28. The number of hydrogen-bond donors (Lipinski definition) is 3. The second kappa shape index (κ2) is 6.09. The fraction of sp³-hybridized carbons (Fsp3) is 0.500. The van der Waals surface area contributed by atoms with E-state index in [1.165, 1.54) is 0 Å². The molecule has 0 aliphatic heterocycles. The molecule has 0 bridgehead atoms. The van der Waals surface area contributed by atoms with Crippen molar-refractivity contribution < 1.29 is 19.1 Å². The third-order valence-corrected chi connectivity index (χ3v) is 2.72. The Morgan fingerprint density at radius 2 is 2.06 bits per heavy atom. The van der Waals surface area contributed by atoms with Crippen molar-refractivity contribution in [1.82, 2.24) is 10.6 Å². The van der Waals surface area contributed by atoms with Crippen LogP contribution in [0.1, 0.15) is 25.4 Å². The summed E-state index contributed by atoms with van der Waals surface area (Å²) in [5.74, 6) is -0.146. The van der Waals surface area contributed by atoms with Gasteiger partial charge in [-0.25, -0.2) is 4.79 Å². The van der Waals surface area contributed by atoms with Gasteiger partial charge in [0.1, 0.15) is 11.5 Å². The number of carbonyl (C=O) groups excluding carboxylic acids is 1. The SMILES string of the molecule is Cc1ccc(CNC(=O)NC(C)C(C)C(=O)O)o1. The van der Waals surface area contributed by atoms with Crippen LogP contribution in [0.5, 0.6) is 0 Å². The maximum atomic E-state index is 11.5. The van der Waals surface area contributed by atoms with Gasteiger partial charge < -0.3 is 20.2 Å². The Morgan fingerprint density at radius 3 is 2.56 bits per heavy atom. The molecule has 0 saturated carbocycles. The minimum Gasteiger partial charge on any atom is -0.481 e. The molecule has 1 heterocycles. The van der Waals surface area contributed by atoms with Crippen molar-refractivity contribution in [3.8, 4) is 0 Å². The first kappa shape index (κ1) is 14.1. The molecule has 18 heavy (non-hydrogen) atoms. The van der Waals surface area contributed by atoms with E-state index in [1.807, 2.05) is 13.0 Å². The van der Waals surface area contributed by atoms with Crippen molar-refractivity contribution in [3.05, 3.63) is 23.7 Å². The van der Waals surface area contributed by atoms with Crippen LogP contribution in [-0.4, -0.2) is 23.1 Å². The Hall–Kier alpha value is -1.98. The molecule has 0 saturated heterocycles. The molecule has 0 fully saturated rings. The van der Waals surface area contributed by atoms with Gasteiger partial charge in [-0.1, -0.05) is 0 Å². The number of carboxylic acid groups (broad SMARTS) is 1. The Morgan fingerprint density at radius 1 is 1.39 bits per heavy atom. The summed E-state index contributed by atoms with van der Waals surface area (Å²) in [6.07, 6.45) is 0. The van der Waals surface area contributed by atoms with Crippen LogP contribution in [0.2, 0.25) is 0 Å². The Kier molecular flexibility index (Phi) is 4.76. The van der Waals surface area contributed by atoms with Gasteiger partial charge in [0.15, 0.2) is 0 Å². The topological polar surface area (TPSA) is 91.6 Å². The van der Waals surface area contributed by atoms with E-state index in [0.717, 1.165) is 5.76 Å². The van der Waals surface area contributed by atoms with Gasteiger partial charge in [-0.2, -0.15) is 0 Å². The first-order valence-corrected chi connectivity index (χ1v) is 5.72. The molecule has 0 radical (unpaired) electrons. The van der Waals surface area contributed by atoms with Crippen LogP contribution in [0.15, 0.2) is 16.5 Å². The summed E-state index contributed by atoms with van der Waals surface area (Å²) in [5.41, 5.74) is 0. The van der Waals surface area contributed by atoms with Gasteiger partial charge in [0, 0.05) is 6.04 Å². The third kappa shape index (κ3) is 4.12. The number of nitrogens with one attached hydrogen (secondary N) is 2. The minimum absolute atomic E-state index is 0.272. The van der Waals surface area contributed by atoms with Gasteiger partial charge in [-0.15, -0.1) is 0 Å². The number of carboxylic acids is 1. The average Bonchev–Trinajstić information content (AvgIpc) is 2.71. The van der Waals surface area contributed by atoms with Crippen molar-refractivity contribution in [2.75, 3.05) is 0 Å². The molecule has 0 aliphatic rings. The van der Waals surface area contributed by atoms with E-state index in [4.69, 9.17) is 9.52 Å². The maximum absolute atomic E-state index is 11.5. The number of aryl methyl sites for hydroxylation is 1. The van der Waals surface area contributed by atoms with E-state index in [9.17, 15) is 9.59 Å². The van der Waals surface area contributed by atoms with E-state index in [1.54, 1.807) is 19.9 Å². The van der Waals surface area contributed by atoms with Crippen LogP contribution in [0.4, 0.5) is 4.79 Å². The zero-order valence-corrected chi connectivity index (χ0v) is 10.7. The lowest BCUT2D eigenvalue weighted by Crippen LogP contribution is -2.44. The normalized spacial score (nSPS) is 13.7. The number of aliphatic carboxylic acids is 1. The molecule has 1 aromatic heterocycles. The molecular formula is C12H18N2O4. The molecule has 100 valence electrons. The largest absolute Gasteiger partial charge is 0.481 e. The van der Waals surface area contributed by atoms with Crippen LogP contribution in [-0.2, 0) is 11.3 Å². The lowest BCUT2D eigenvalue weighted by atomic mass is 10.0. The molecule has 2 amide bonds. The molecule has 1 rings (SSSR count). The van der Waals surface area contributed by atoms with Crippen LogP contribution in [0.3, 0.4) is 0 Å². The van der Waals surface area contributed by atoms with Crippen LogP contribution >= 0.6 is 0 Å². The standard InChI is InChI=1S/C12H18N2O4/c1-7-4-5-10(18-7)6-13-12(17)14-9(3)8(2)11(15)16/h4-5,8-9H,6H2,1-3H3,(H,15,16)(H2,13,14,17). The second-order valence-electron chi connectivity index (χ2n) is 4.25. The molecule has 2 atom stereocenters. The lowest BCUT2D eigenvalue weighted by Gasteiger charge is -2.17. The molecule has 6 nitrogen and oxygen atoms in total. The Balaban J connectivity index is 2.35. The first-order chi connectivity index (χ1) is 8.40. The quantitative estimate of drug-likeness (QED) is 0.742. The minimum atomic E-state index is -0.940. The van der Waals surface area contributed by atoms with Crippen molar-refractivity contribution in [1.29, 1.82) is 0 Å². The molecule has 6 heteroatoms. The number of hydrogen-bond acceptors (Lipinski definition) is 3. The van der Waals surface area contributed by atoms with Gasteiger partial charge in [0.25, 0.3) is 0 Å². The highest BCUT2D eigenvalue weighted by Gasteiger charge is 2.20. The van der Waals surface area contributed by atoms with Crippen LogP contribution in [0.25, 0.3) is 0 Å². The predicted molar refractivity (Wildman–Crippen MR) is 65.1 cm³/mol. The van der Waals surface area contributed by atoms with Gasteiger partial charge in [0.2, 0.25) is 0 Å². The molecular weight excluding hydrogens is 236 g/mol. The van der Waals surface area contributed by atoms with E-state index < -0.39 is 24.0 Å². The smallest absolute Gasteiger partial charge is 0.315 e. The van der Waals surface area contributed by atoms with Gasteiger partial charge in [0.05, 0.1) is 12.5 Å². The van der Waals surface area contributed by atoms with Crippen molar-refractivity contribution in [2.24, 2.45) is 5.92 Å². The third-order valence-electron chi connectivity index (χ3n) is 2.72. The molecule has 1 aromatic rings. The summed E-state index contributed by atoms with van der Waals surface area (Å²) in [6, 6.07) is 2.73. The van der Waals surface area contributed by atoms with Gasteiger partial charge in [-0.3, -0.25) is 4.79 Å². The highest BCUT2D eigenvalue weighted by molar-refractivity contribution is 5.76. The number of urea groups is 1. The maximum Gasteiger partial charge on any atom is 0.315 e. The van der Waals surface area contributed by atoms with Crippen molar-refractivity contribution in [3.63, 3.8) is 0 Å². The van der Waals surface area contributed by atoms with E-state index in [2.05, 4.69) is 10.6 Å². The van der Waals surface area contributed by atoms with Gasteiger partial charge in [-0.05, 0) is 32.9 Å². The number of carbonyl (C=O) groups is 2. The summed E-state index contributed by atoms with van der Waals surface area (Å²) in [5, 5.41) is 14.0. The number of rotatable bonds is 5. The lowest BCUT2D eigenvalue weighted by molar-refractivity contribution is -0.141. The number of furan rings is 1. The molecule has 0 aromatic carbocycles. The second-order valence-corrected chi connectivity index (χ2v) is 4.25. The first-order valence-electron chi connectivity index (χ1n) is 5.72.